The Bertz CT molecular complexity index is 2380. The maximum Gasteiger partial charge on any atom is 0.412 e. The summed E-state index contributed by atoms with van der Waals surface area (Å²) < 4.78 is 20.7. The second-order valence-corrected chi connectivity index (χ2v) is 19.7. The van der Waals surface area contributed by atoms with Crippen molar-refractivity contribution in [1.82, 2.24) is 10.2 Å². The summed E-state index contributed by atoms with van der Waals surface area (Å²) in [7, 11) is 0. The van der Waals surface area contributed by atoms with Gasteiger partial charge in [0.25, 0.3) is 0 Å². The number of hydrogen-bond donors (Lipinski definition) is 3. The topological polar surface area (TPSA) is 139 Å². The van der Waals surface area contributed by atoms with Crippen LogP contribution in [-0.4, -0.2) is 71.0 Å². The average Bonchev–Trinajstić information content (AvgIpc) is 3.38. The minimum atomic E-state index is -1.43. The first kappa shape index (κ1) is 53.3. The van der Waals surface area contributed by atoms with Crippen LogP contribution in [0.5, 0.6) is 11.5 Å². The lowest BCUT2D eigenvalue weighted by Gasteiger charge is -2.60. The first-order valence-corrected chi connectivity index (χ1v) is 26.8. The highest BCUT2D eigenvalue weighted by Crippen LogP contribution is 2.62. The van der Waals surface area contributed by atoms with Crippen LogP contribution in [0.3, 0.4) is 0 Å². The fourth-order valence-corrected chi connectivity index (χ4v) is 11.5. The van der Waals surface area contributed by atoms with Crippen LogP contribution < -0.4 is 14.8 Å². The number of rotatable bonds is 29. The second-order valence-electron chi connectivity index (χ2n) is 19.7. The van der Waals surface area contributed by atoms with Gasteiger partial charge in [-0.25, -0.2) is 4.79 Å². The third kappa shape index (κ3) is 13.5. The number of benzene rings is 4. The van der Waals surface area contributed by atoms with Crippen LogP contribution in [0.15, 0.2) is 120 Å². The number of aliphatic hydroxyl groups excluding tert-OH is 2. The zero-order chi connectivity index (χ0) is 49.8. The lowest BCUT2D eigenvalue weighted by molar-refractivity contribution is -0.258. The Morgan fingerprint density at radius 2 is 1.56 bits per heavy atom. The highest BCUT2D eigenvalue weighted by molar-refractivity contribution is 6.03. The van der Waals surface area contributed by atoms with Crippen LogP contribution in [0.25, 0.3) is 10.8 Å². The number of oxime groups is 1. The van der Waals surface area contributed by atoms with Gasteiger partial charge in [-0.05, 0) is 96.5 Å². The molecule has 6 atom stereocenters. The molecule has 382 valence electrons. The van der Waals surface area contributed by atoms with Gasteiger partial charge in [0, 0.05) is 50.6 Å². The number of carbonyl (C=O) groups excluding carboxylic acids is 2. The molecule has 0 bridgehead atoms. The summed E-state index contributed by atoms with van der Waals surface area (Å²) in [5, 5.41) is 30.1. The van der Waals surface area contributed by atoms with Crippen molar-refractivity contribution >= 4 is 28.5 Å². The molecule has 3 aliphatic rings. The van der Waals surface area contributed by atoms with E-state index >= 15 is 4.79 Å². The van der Waals surface area contributed by atoms with E-state index in [-0.39, 0.29) is 50.1 Å². The minimum absolute atomic E-state index is 0.0116. The van der Waals surface area contributed by atoms with E-state index in [1.165, 1.54) is 38.5 Å². The van der Waals surface area contributed by atoms with E-state index in [9.17, 15) is 15.0 Å². The van der Waals surface area contributed by atoms with Gasteiger partial charge in [0.15, 0.2) is 0 Å². The molecular formula is C60H79N3O8. The molecule has 1 fully saturated rings. The minimum Gasteiger partial charge on any atom is -0.459 e. The Balaban J connectivity index is 1.40. The number of aliphatic hydroxyl groups is 2. The molecule has 2 aliphatic carbocycles. The first-order valence-electron chi connectivity index (χ1n) is 26.8. The number of nitrogens with one attached hydrogen (secondary N) is 1. The molecule has 71 heavy (non-hydrogen) atoms. The van der Waals surface area contributed by atoms with Crippen LogP contribution >= 0.6 is 0 Å². The fraction of sp³-hybridized carbons (Fsp3) is 0.517. The molecule has 6 unspecified atom stereocenters. The largest absolute Gasteiger partial charge is 0.459 e. The maximum absolute atomic E-state index is 15.5. The molecule has 11 nitrogen and oxygen atoms in total. The summed E-state index contributed by atoms with van der Waals surface area (Å²) in [5.74, 6) is -1.13. The Labute approximate surface area is 422 Å². The molecule has 1 aliphatic heterocycles. The Morgan fingerprint density at radius 1 is 0.845 bits per heavy atom. The Hall–Kier alpha value is -5.49. The zero-order valence-corrected chi connectivity index (χ0v) is 42.4. The van der Waals surface area contributed by atoms with Crippen molar-refractivity contribution < 1.29 is 38.9 Å². The second kappa shape index (κ2) is 27.4. The lowest BCUT2D eigenvalue weighted by Crippen LogP contribution is -2.70. The molecule has 11 heteroatoms. The molecule has 4 aromatic carbocycles. The summed E-state index contributed by atoms with van der Waals surface area (Å²) in [6, 6.07) is 29.5. The molecule has 7 rings (SSSR count). The van der Waals surface area contributed by atoms with Crippen LogP contribution in [0.4, 0.5) is 4.79 Å². The number of carbonyl (C=O) groups is 2. The van der Waals surface area contributed by atoms with Gasteiger partial charge in [0.05, 0.1) is 18.2 Å². The summed E-state index contributed by atoms with van der Waals surface area (Å²) in [4.78, 5) is 36.9. The number of unbranched alkanes of at least 4 members (excludes halogenated alkanes) is 10. The quantitative estimate of drug-likeness (QED) is 0.0278. The smallest absolute Gasteiger partial charge is 0.412 e. The van der Waals surface area contributed by atoms with Gasteiger partial charge in [0.1, 0.15) is 24.1 Å². The highest BCUT2D eigenvalue weighted by Gasteiger charge is 2.65. The third-order valence-corrected chi connectivity index (χ3v) is 14.8. The summed E-state index contributed by atoms with van der Waals surface area (Å²) in [6.45, 7) is 9.54. The molecule has 0 spiro atoms. The molecule has 0 saturated heterocycles. The van der Waals surface area contributed by atoms with Gasteiger partial charge >= 0.3 is 6.09 Å². The van der Waals surface area contributed by atoms with Gasteiger partial charge in [0.2, 0.25) is 11.7 Å². The predicted molar refractivity (Wildman–Crippen MR) is 282 cm³/mol. The van der Waals surface area contributed by atoms with Crippen LogP contribution in [0.2, 0.25) is 0 Å². The van der Waals surface area contributed by atoms with Crippen molar-refractivity contribution in [2.75, 3.05) is 26.4 Å². The number of nitrogens with zero attached hydrogens (tertiary/aromatic N) is 2. The highest BCUT2D eigenvalue weighted by atomic mass is 16.7. The summed E-state index contributed by atoms with van der Waals surface area (Å²) in [5.41, 5.74) is 4.58. The van der Waals surface area contributed by atoms with Crippen molar-refractivity contribution in [1.29, 1.82) is 0 Å². The number of ether oxygens (including phenoxy) is 3. The Morgan fingerprint density at radius 3 is 2.31 bits per heavy atom. The maximum atomic E-state index is 15.5. The van der Waals surface area contributed by atoms with Crippen molar-refractivity contribution in [2.24, 2.45) is 22.9 Å². The standard InChI is InChI=1S/C60H79N3O8/c1-4-7-8-9-10-11-12-13-17-33-56(66)63(42-47-30-24-29-45-27-18-19-31-49(45)47)55-41-53(62-69-43-44-25-15-14-16-26-44)51-39-46(28-20-22-36-64)50(32-21-23-37-65)57-52-40-48(70-59(67)61-6-3)34-35-54(52)71-60(55,58(51)57)68-38-5-2/h5,14-16,18-19,24-27,29-31,34-35,39-40,46,50,55,57-58,64-65H,2,4,6-13,17,20-23,28,32-33,36-38,41-43H2,1,3H3,(H,61,67). The van der Waals surface area contributed by atoms with E-state index in [2.05, 4.69) is 55.2 Å². The molecule has 0 aromatic heterocycles. The van der Waals surface area contributed by atoms with Crippen LogP contribution in [0, 0.1) is 17.8 Å². The van der Waals surface area contributed by atoms with Crippen molar-refractivity contribution in [3.63, 3.8) is 0 Å². The van der Waals surface area contributed by atoms with E-state index in [0.717, 1.165) is 83.7 Å². The van der Waals surface area contributed by atoms with E-state index in [4.69, 9.17) is 24.2 Å². The molecule has 1 saturated carbocycles. The van der Waals surface area contributed by atoms with Gasteiger partial charge < -0.3 is 39.5 Å². The number of fused-ring (bicyclic) bond motifs is 3. The number of amides is 2. The van der Waals surface area contributed by atoms with Gasteiger partial charge in [-0.3, -0.25) is 4.79 Å². The van der Waals surface area contributed by atoms with Crippen LogP contribution in [-0.2, 0) is 27.5 Å². The molecule has 1 heterocycles. The van der Waals surface area contributed by atoms with Crippen LogP contribution in [0.1, 0.15) is 146 Å². The van der Waals surface area contributed by atoms with E-state index in [0.29, 0.717) is 50.3 Å². The molecule has 4 aromatic rings. The predicted octanol–water partition coefficient (Wildman–Crippen LogP) is 12.7. The molecule has 2 amide bonds. The van der Waals surface area contributed by atoms with Crippen molar-refractivity contribution in [3.8, 4) is 11.5 Å². The molecular weight excluding hydrogens is 891 g/mol. The van der Waals surface area contributed by atoms with Gasteiger partial charge in [-0.1, -0.05) is 161 Å². The first-order chi connectivity index (χ1) is 34.8. The molecule has 3 N–H and O–H groups in total. The van der Waals surface area contributed by atoms with E-state index in [1.54, 1.807) is 12.1 Å². The normalized spacial score (nSPS) is 21.7. The van der Waals surface area contributed by atoms with Gasteiger partial charge in [-0.15, -0.1) is 6.58 Å². The van der Waals surface area contributed by atoms with E-state index < -0.39 is 23.8 Å². The lowest BCUT2D eigenvalue weighted by atomic mass is 9.55. The van der Waals surface area contributed by atoms with Crippen molar-refractivity contribution in [3.05, 3.63) is 132 Å². The summed E-state index contributed by atoms with van der Waals surface area (Å²) in [6.07, 6.45) is 19.0. The molecule has 0 radical (unpaired) electrons. The van der Waals surface area contributed by atoms with E-state index in [1.807, 2.05) is 66.4 Å². The SMILES string of the molecule is C=CCOC12Oc3ccc(OC(=O)NCC)cc3C3C(CCCCO)C(CCCCO)C=C(C(=NOCc4ccccc4)CC1N(Cc1cccc4ccccc14)C(=O)CCCCCCCCCCC)C32. The monoisotopic (exact) mass is 970 g/mol. The van der Waals surface area contributed by atoms with Gasteiger partial charge in [-0.2, -0.15) is 0 Å². The summed E-state index contributed by atoms with van der Waals surface area (Å²) >= 11 is 0. The number of hydrogen-bond acceptors (Lipinski definition) is 9. The third-order valence-electron chi connectivity index (χ3n) is 14.8. The fourth-order valence-electron chi connectivity index (χ4n) is 11.5. The van der Waals surface area contributed by atoms with Crippen molar-refractivity contribution in [2.45, 2.75) is 154 Å². The zero-order valence-electron chi connectivity index (χ0n) is 42.4. The number of allylic oxidation sites excluding steroid dienone is 1. The average molecular weight is 970 g/mol. The Kier molecular flexibility index (Phi) is 20.5.